The lowest BCUT2D eigenvalue weighted by Gasteiger charge is -2.30. The van der Waals surface area contributed by atoms with E-state index in [1.807, 2.05) is 13.8 Å². The third kappa shape index (κ3) is 4.97. The van der Waals surface area contributed by atoms with Crippen molar-refractivity contribution >= 4 is 5.97 Å². The van der Waals surface area contributed by atoms with Crippen LogP contribution in [-0.2, 0) is 4.79 Å². The fourth-order valence-corrected chi connectivity index (χ4v) is 2.04. The molecule has 0 unspecified atom stereocenters. The molecular weight excluding hydrogens is 202 g/mol. The maximum atomic E-state index is 11.4. The monoisotopic (exact) mass is 229 g/mol. The Morgan fingerprint density at radius 3 is 2.06 bits per heavy atom. The molecule has 0 fully saturated rings. The standard InChI is InChI=1S/C13H27NO2/c1-5-8-13(9-6-2,12(15)16)14-10-7-11(3)4/h11,14H,5-10H2,1-4H3,(H,15,16). The minimum absolute atomic E-state index is 0.613. The van der Waals surface area contributed by atoms with Gasteiger partial charge in [0.1, 0.15) is 5.54 Å². The molecule has 0 aromatic heterocycles. The molecule has 0 heterocycles. The van der Waals surface area contributed by atoms with Gasteiger partial charge in [-0.15, -0.1) is 0 Å². The Balaban J connectivity index is 4.42. The van der Waals surface area contributed by atoms with E-state index < -0.39 is 11.5 Å². The third-order valence-electron chi connectivity index (χ3n) is 2.95. The molecule has 3 heteroatoms. The van der Waals surface area contributed by atoms with Gasteiger partial charge in [-0.3, -0.25) is 4.79 Å². The lowest BCUT2D eigenvalue weighted by molar-refractivity contribution is -0.145. The molecule has 0 atom stereocenters. The van der Waals surface area contributed by atoms with Gasteiger partial charge in [-0.25, -0.2) is 0 Å². The summed E-state index contributed by atoms with van der Waals surface area (Å²) >= 11 is 0. The molecule has 0 aliphatic carbocycles. The van der Waals surface area contributed by atoms with E-state index in [2.05, 4.69) is 19.2 Å². The van der Waals surface area contributed by atoms with E-state index in [1.54, 1.807) is 0 Å². The molecule has 0 saturated carbocycles. The average Bonchev–Trinajstić information content (AvgIpc) is 2.17. The predicted octanol–water partition coefficient (Wildman–Crippen LogP) is 3.05. The van der Waals surface area contributed by atoms with Crippen molar-refractivity contribution in [3.05, 3.63) is 0 Å². The summed E-state index contributed by atoms with van der Waals surface area (Å²) in [4.78, 5) is 11.4. The van der Waals surface area contributed by atoms with Crippen molar-refractivity contribution < 1.29 is 9.90 Å². The number of carboxylic acids is 1. The maximum absolute atomic E-state index is 11.4. The van der Waals surface area contributed by atoms with Crippen molar-refractivity contribution in [3.8, 4) is 0 Å². The average molecular weight is 229 g/mol. The molecule has 0 spiro atoms. The molecule has 0 radical (unpaired) electrons. The summed E-state index contributed by atoms with van der Waals surface area (Å²) in [5, 5.41) is 12.7. The highest BCUT2D eigenvalue weighted by atomic mass is 16.4. The molecule has 0 aromatic rings. The van der Waals surface area contributed by atoms with Gasteiger partial charge >= 0.3 is 5.97 Å². The van der Waals surface area contributed by atoms with Crippen LogP contribution in [-0.4, -0.2) is 23.2 Å². The van der Waals surface area contributed by atoms with Crippen LogP contribution in [0.3, 0.4) is 0 Å². The van der Waals surface area contributed by atoms with Gasteiger partial charge in [0.2, 0.25) is 0 Å². The molecule has 3 nitrogen and oxygen atoms in total. The Bertz CT molecular complexity index is 196. The quantitative estimate of drug-likeness (QED) is 0.639. The molecule has 0 aliphatic heterocycles. The van der Waals surface area contributed by atoms with Gasteiger partial charge in [0.15, 0.2) is 0 Å². The first-order valence-electron chi connectivity index (χ1n) is 6.47. The number of hydrogen-bond donors (Lipinski definition) is 2. The Hall–Kier alpha value is -0.570. The molecule has 16 heavy (non-hydrogen) atoms. The molecule has 0 rings (SSSR count). The second-order valence-corrected chi connectivity index (χ2v) is 5.00. The maximum Gasteiger partial charge on any atom is 0.323 e. The molecule has 0 saturated heterocycles. The number of hydrogen-bond acceptors (Lipinski definition) is 2. The third-order valence-corrected chi connectivity index (χ3v) is 2.95. The van der Waals surface area contributed by atoms with Crippen LogP contribution in [0.15, 0.2) is 0 Å². The topological polar surface area (TPSA) is 49.3 Å². The zero-order valence-corrected chi connectivity index (χ0v) is 11.2. The second-order valence-electron chi connectivity index (χ2n) is 5.00. The minimum Gasteiger partial charge on any atom is -0.480 e. The van der Waals surface area contributed by atoms with Crippen molar-refractivity contribution in [2.75, 3.05) is 6.54 Å². The van der Waals surface area contributed by atoms with Crippen molar-refractivity contribution in [3.63, 3.8) is 0 Å². The van der Waals surface area contributed by atoms with Crippen LogP contribution in [0, 0.1) is 5.92 Å². The van der Waals surface area contributed by atoms with Gasteiger partial charge in [0.05, 0.1) is 0 Å². The first-order chi connectivity index (χ1) is 7.48. The fraction of sp³-hybridized carbons (Fsp3) is 0.923. The molecule has 0 bridgehead atoms. The zero-order valence-electron chi connectivity index (χ0n) is 11.2. The first kappa shape index (κ1) is 15.4. The van der Waals surface area contributed by atoms with Crippen molar-refractivity contribution in [2.24, 2.45) is 5.92 Å². The molecule has 0 amide bonds. The Morgan fingerprint density at radius 2 is 1.75 bits per heavy atom. The predicted molar refractivity (Wildman–Crippen MR) is 67.6 cm³/mol. The Morgan fingerprint density at radius 1 is 1.25 bits per heavy atom. The van der Waals surface area contributed by atoms with Crippen LogP contribution in [0.4, 0.5) is 0 Å². The van der Waals surface area contributed by atoms with Gasteiger partial charge < -0.3 is 10.4 Å². The second kappa shape index (κ2) is 7.66. The van der Waals surface area contributed by atoms with E-state index in [9.17, 15) is 9.90 Å². The van der Waals surface area contributed by atoms with Crippen LogP contribution >= 0.6 is 0 Å². The number of rotatable bonds is 9. The molecule has 0 aliphatic rings. The molecular formula is C13H27NO2. The summed E-state index contributed by atoms with van der Waals surface area (Å²) in [6, 6.07) is 0. The number of carbonyl (C=O) groups is 1. The van der Waals surface area contributed by atoms with Crippen LogP contribution in [0.1, 0.15) is 59.8 Å². The van der Waals surface area contributed by atoms with Gasteiger partial charge in [-0.2, -0.15) is 0 Å². The van der Waals surface area contributed by atoms with Crippen LogP contribution in [0.2, 0.25) is 0 Å². The SMILES string of the molecule is CCCC(CCC)(NCCC(C)C)C(=O)O. The summed E-state index contributed by atoms with van der Waals surface area (Å²) in [7, 11) is 0. The number of carboxylic acid groups (broad SMARTS) is 1. The van der Waals surface area contributed by atoms with Crippen LogP contribution in [0.25, 0.3) is 0 Å². The van der Waals surface area contributed by atoms with Gasteiger partial charge in [-0.05, 0) is 31.7 Å². The molecule has 2 N–H and O–H groups in total. The number of nitrogens with one attached hydrogen (secondary N) is 1. The summed E-state index contributed by atoms with van der Waals surface area (Å²) in [5.74, 6) is -0.0813. The van der Waals surface area contributed by atoms with Crippen molar-refractivity contribution in [1.29, 1.82) is 0 Å². The van der Waals surface area contributed by atoms with E-state index in [-0.39, 0.29) is 0 Å². The van der Waals surface area contributed by atoms with E-state index in [0.717, 1.165) is 25.8 Å². The molecule has 0 aromatic carbocycles. The van der Waals surface area contributed by atoms with Crippen molar-refractivity contribution in [1.82, 2.24) is 5.32 Å². The zero-order chi connectivity index (χ0) is 12.6. The summed E-state index contributed by atoms with van der Waals surface area (Å²) < 4.78 is 0. The lowest BCUT2D eigenvalue weighted by atomic mass is 9.88. The van der Waals surface area contributed by atoms with E-state index >= 15 is 0 Å². The summed E-state index contributed by atoms with van der Waals surface area (Å²) in [6.07, 6.45) is 4.27. The fourth-order valence-electron chi connectivity index (χ4n) is 2.04. The minimum atomic E-state index is -0.696. The van der Waals surface area contributed by atoms with E-state index in [1.165, 1.54) is 0 Å². The van der Waals surface area contributed by atoms with E-state index in [4.69, 9.17) is 0 Å². The van der Waals surface area contributed by atoms with Gasteiger partial charge in [0.25, 0.3) is 0 Å². The van der Waals surface area contributed by atoms with Gasteiger partial charge in [0, 0.05) is 0 Å². The van der Waals surface area contributed by atoms with Crippen molar-refractivity contribution in [2.45, 2.75) is 65.3 Å². The molecule has 96 valence electrons. The highest BCUT2D eigenvalue weighted by Gasteiger charge is 2.35. The van der Waals surface area contributed by atoms with E-state index in [0.29, 0.717) is 18.8 Å². The Kier molecular flexibility index (Phi) is 7.39. The summed E-state index contributed by atoms with van der Waals surface area (Å²) in [5.41, 5.74) is -0.696. The Labute approximate surface area is 99.6 Å². The number of aliphatic carboxylic acids is 1. The van der Waals surface area contributed by atoms with Crippen LogP contribution in [0.5, 0.6) is 0 Å². The first-order valence-corrected chi connectivity index (χ1v) is 6.47. The summed E-state index contributed by atoms with van der Waals surface area (Å²) in [6.45, 7) is 9.19. The largest absolute Gasteiger partial charge is 0.480 e. The smallest absolute Gasteiger partial charge is 0.323 e. The highest BCUT2D eigenvalue weighted by molar-refractivity contribution is 5.78. The lowest BCUT2D eigenvalue weighted by Crippen LogP contribution is -2.52. The van der Waals surface area contributed by atoms with Crippen LogP contribution < -0.4 is 5.32 Å². The van der Waals surface area contributed by atoms with Gasteiger partial charge in [-0.1, -0.05) is 40.5 Å². The normalized spacial score (nSPS) is 12.1. The highest BCUT2D eigenvalue weighted by Crippen LogP contribution is 2.20.